The summed E-state index contributed by atoms with van der Waals surface area (Å²) in [5.41, 5.74) is 4.73. The third-order valence-electron chi connectivity index (χ3n) is 5.40. The highest BCUT2D eigenvalue weighted by Crippen LogP contribution is 2.29. The van der Waals surface area contributed by atoms with Crippen molar-refractivity contribution in [3.8, 4) is 0 Å². The van der Waals surface area contributed by atoms with Crippen LogP contribution in [-0.4, -0.2) is 37.7 Å². The number of likely N-dealkylation sites (tertiary alicyclic amines) is 1. The molecule has 0 unspecified atom stereocenters. The summed E-state index contributed by atoms with van der Waals surface area (Å²) in [5, 5.41) is 10.9. The maximum atomic E-state index is 4.86. The zero-order chi connectivity index (χ0) is 19.5. The van der Waals surface area contributed by atoms with E-state index < -0.39 is 0 Å². The second-order valence-corrected chi connectivity index (χ2v) is 8.37. The van der Waals surface area contributed by atoms with Crippen LogP contribution in [0.4, 0.5) is 10.9 Å². The van der Waals surface area contributed by atoms with Crippen LogP contribution in [0, 0.1) is 13.8 Å². The van der Waals surface area contributed by atoms with E-state index in [9.17, 15) is 0 Å². The Balaban J connectivity index is 1.35. The molecule has 0 radical (unpaired) electrons. The van der Waals surface area contributed by atoms with Gasteiger partial charge in [-0.25, -0.2) is 9.97 Å². The Labute approximate surface area is 170 Å². The van der Waals surface area contributed by atoms with Gasteiger partial charge in [-0.15, -0.1) is 11.3 Å². The minimum absolute atomic E-state index is 0.524. The Morgan fingerprint density at radius 1 is 1.18 bits per heavy atom. The number of pyridine rings is 1. The van der Waals surface area contributed by atoms with E-state index in [1.54, 1.807) is 11.3 Å². The number of nitrogens with zero attached hydrogens (tertiary/aromatic N) is 5. The van der Waals surface area contributed by atoms with Crippen LogP contribution in [0.1, 0.15) is 48.3 Å². The van der Waals surface area contributed by atoms with Gasteiger partial charge in [-0.05, 0) is 58.8 Å². The second-order valence-electron chi connectivity index (χ2n) is 7.51. The first kappa shape index (κ1) is 19.1. The largest absolute Gasteiger partial charge is 0.316 e. The van der Waals surface area contributed by atoms with Crippen molar-refractivity contribution < 1.29 is 0 Å². The predicted octanol–water partition coefficient (Wildman–Crippen LogP) is 4.49. The fraction of sp³-hybridized carbons (Fsp3) is 0.476. The number of nitrogens with one attached hydrogen (secondary N) is 1. The van der Waals surface area contributed by atoms with Crippen molar-refractivity contribution in [1.29, 1.82) is 0 Å². The van der Waals surface area contributed by atoms with Gasteiger partial charge in [0.2, 0.25) is 0 Å². The number of thiazole rings is 1. The summed E-state index contributed by atoms with van der Waals surface area (Å²) in [6.07, 6.45) is 4.49. The molecular weight excluding hydrogens is 368 g/mol. The Morgan fingerprint density at radius 3 is 2.68 bits per heavy atom. The molecule has 0 atom stereocenters. The van der Waals surface area contributed by atoms with E-state index >= 15 is 0 Å². The van der Waals surface area contributed by atoms with Gasteiger partial charge in [-0.1, -0.05) is 6.07 Å². The van der Waals surface area contributed by atoms with E-state index in [1.807, 2.05) is 23.1 Å². The van der Waals surface area contributed by atoms with Crippen LogP contribution in [0.2, 0.25) is 0 Å². The number of anilines is 2. The topological polar surface area (TPSA) is 58.9 Å². The van der Waals surface area contributed by atoms with E-state index in [0.29, 0.717) is 5.92 Å². The van der Waals surface area contributed by atoms with E-state index in [0.717, 1.165) is 61.4 Å². The van der Waals surface area contributed by atoms with Crippen LogP contribution in [0.5, 0.6) is 0 Å². The third kappa shape index (κ3) is 4.42. The number of piperidine rings is 1. The Morgan fingerprint density at radius 2 is 2.00 bits per heavy atom. The predicted molar refractivity (Wildman–Crippen MR) is 114 cm³/mol. The molecule has 0 aliphatic carbocycles. The van der Waals surface area contributed by atoms with E-state index in [1.165, 1.54) is 11.3 Å². The highest BCUT2D eigenvalue weighted by atomic mass is 32.1. The van der Waals surface area contributed by atoms with E-state index in [2.05, 4.69) is 52.5 Å². The first-order valence-corrected chi connectivity index (χ1v) is 10.9. The van der Waals surface area contributed by atoms with Gasteiger partial charge in [0.1, 0.15) is 5.82 Å². The van der Waals surface area contributed by atoms with Gasteiger partial charge >= 0.3 is 0 Å². The van der Waals surface area contributed by atoms with Crippen LogP contribution >= 0.6 is 11.3 Å². The molecule has 0 amide bonds. The van der Waals surface area contributed by atoms with Gasteiger partial charge in [-0.2, -0.15) is 5.10 Å². The van der Waals surface area contributed by atoms with Crippen molar-refractivity contribution in [3.63, 3.8) is 0 Å². The van der Waals surface area contributed by atoms with Gasteiger partial charge in [0.05, 0.1) is 11.4 Å². The molecule has 148 valence electrons. The molecule has 1 fully saturated rings. The van der Waals surface area contributed by atoms with E-state index in [-0.39, 0.29) is 0 Å². The van der Waals surface area contributed by atoms with Crippen LogP contribution in [0.25, 0.3) is 0 Å². The zero-order valence-electron chi connectivity index (χ0n) is 16.9. The summed E-state index contributed by atoms with van der Waals surface area (Å²) in [4.78, 5) is 11.9. The summed E-state index contributed by atoms with van der Waals surface area (Å²) in [5.74, 6) is 1.41. The SMILES string of the molecule is CCn1cc(CN2CCC(c3cccc(Nc4nc(C)cs4)n3)CC2)c(C)n1. The van der Waals surface area contributed by atoms with Crippen molar-refractivity contribution in [3.05, 3.63) is 52.4 Å². The number of aromatic nitrogens is 4. The average Bonchev–Trinajstić information content (AvgIpc) is 3.27. The van der Waals surface area contributed by atoms with Crippen molar-refractivity contribution >= 4 is 22.3 Å². The molecule has 6 nitrogen and oxygen atoms in total. The lowest BCUT2D eigenvalue weighted by atomic mass is 9.93. The molecule has 1 saturated heterocycles. The number of hydrogen-bond acceptors (Lipinski definition) is 6. The highest BCUT2D eigenvalue weighted by Gasteiger charge is 2.22. The summed E-state index contributed by atoms with van der Waals surface area (Å²) < 4.78 is 2.03. The van der Waals surface area contributed by atoms with Crippen molar-refractivity contribution in [2.75, 3.05) is 18.4 Å². The summed E-state index contributed by atoms with van der Waals surface area (Å²) >= 11 is 1.62. The zero-order valence-corrected chi connectivity index (χ0v) is 17.7. The lowest BCUT2D eigenvalue weighted by Gasteiger charge is -2.31. The lowest BCUT2D eigenvalue weighted by molar-refractivity contribution is 0.203. The first-order chi connectivity index (χ1) is 13.6. The molecule has 4 heterocycles. The quantitative estimate of drug-likeness (QED) is 0.665. The molecule has 28 heavy (non-hydrogen) atoms. The van der Waals surface area contributed by atoms with Crippen LogP contribution in [-0.2, 0) is 13.1 Å². The average molecular weight is 397 g/mol. The standard InChI is InChI=1S/C21H28N6S/c1-4-27-13-18(16(3)25-27)12-26-10-8-17(9-11-26)19-6-5-7-20(23-19)24-21-22-15(2)14-28-21/h5-7,13-14,17H,4,8-12H2,1-3H3,(H,22,23,24). The Bertz CT molecular complexity index is 923. The molecule has 3 aromatic heterocycles. The number of rotatable bonds is 6. The minimum Gasteiger partial charge on any atom is -0.316 e. The first-order valence-electron chi connectivity index (χ1n) is 10.0. The van der Waals surface area contributed by atoms with Crippen LogP contribution in [0.3, 0.4) is 0 Å². The maximum Gasteiger partial charge on any atom is 0.188 e. The molecule has 3 aromatic rings. The Hall–Kier alpha value is -2.25. The molecule has 1 aliphatic heterocycles. The van der Waals surface area contributed by atoms with Gasteiger partial charge in [-0.3, -0.25) is 9.58 Å². The van der Waals surface area contributed by atoms with Crippen LogP contribution in [0.15, 0.2) is 29.8 Å². The van der Waals surface area contributed by atoms with Gasteiger partial charge in [0.25, 0.3) is 0 Å². The molecule has 0 spiro atoms. The molecule has 0 bridgehead atoms. The molecule has 0 aromatic carbocycles. The van der Waals surface area contributed by atoms with Crippen LogP contribution < -0.4 is 5.32 Å². The third-order valence-corrected chi connectivity index (χ3v) is 6.27. The summed E-state index contributed by atoms with van der Waals surface area (Å²) in [6.45, 7) is 10.4. The summed E-state index contributed by atoms with van der Waals surface area (Å²) in [6, 6.07) is 6.28. The van der Waals surface area contributed by atoms with Crippen molar-refractivity contribution in [2.24, 2.45) is 0 Å². The highest BCUT2D eigenvalue weighted by molar-refractivity contribution is 7.13. The smallest absolute Gasteiger partial charge is 0.188 e. The minimum atomic E-state index is 0.524. The van der Waals surface area contributed by atoms with Gasteiger partial charge in [0.15, 0.2) is 5.13 Å². The second kappa shape index (κ2) is 8.41. The summed E-state index contributed by atoms with van der Waals surface area (Å²) in [7, 11) is 0. The van der Waals surface area contributed by atoms with Crippen molar-refractivity contribution in [2.45, 2.75) is 52.6 Å². The number of hydrogen-bond donors (Lipinski definition) is 1. The molecule has 1 N–H and O–H groups in total. The Kier molecular flexibility index (Phi) is 5.73. The normalized spacial score (nSPS) is 15.8. The molecule has 0 saturated carbocycles. The fourth-order valence-corrected chi connectivity index (χ4v) is 4.47. The monoisotopic (exact) mass is 396 g/mol. The van der Waals surface area contributed by atoms with Gasteiger partial charge < -0.3 is 5.32 Å². The molecule has 4 rings (SSSR count). The molecule has 1 aliphatic rings. The number of aryl methyl sites for hydroxylation is 3. The maximum absolute atomic E-state index is 4.86. The fourth-order valence-electron chi connectivity index (χ4n) is 3.77. The molecular formula is C21H28N6S. The van der Waals surface area contributed by atoms with Gasteiger partial charge in [0, 0.05) is 41.8 Å². The van der Waals surface area contributed by atoms with E-state index in [4.69, 9.17) is 4.98 Å². The molecule has 7 heteroatoms. The lowest BCUT2D eigenvalue weighted by Crippen LogP contribution is -2.32. The van der Waals surface area contributed by atoms with Crippen molar-refractivity contribution in [1.82, 2.24) is 24.6 Å².